The van der Waals surface area contributed by atoms with E-state index in [1.54, 1.807) is 18.2 Å². The first kappa shape index (κ1) is 12.6. The molecule has 1 atom stereocenters. The molecule has 0 heterocycles. The third-order valence-corrected chi connectivity index (χ3v) is 2.13. The number of aliphatic carboxylic acids is 1. The fourth-order valence-electron chi connectivity index (χ4n) is 1.26. The van der Waals surface area contributed by atoms with Crippen LogP contribution in [0.25, 0.3) is 0 Å². The molecule has 2 N–H and O–H groups in total. The Hall–Kier alpha value is -1.46. The zero-order chi connectivity index (χ0) is 12.0. The van der Waals surface area contributed by atoms with Crippen LogP contribution >= 0.6 is 0 Å². The summed E-state index contributed by atoms with van der Waals surface area (Å²) in [5.41, 5.74) is 0.435. The molecule has 0 aliphatic carbocycles. The molecule has 5 heteroatoms. The summed E-state index contributed by atoms with van der Waals surface area (Å²) in [6.45, 7) is 0.205. The van der Waals surface area contributed by atoms with Gasteiger partial charge in [0.15, 0.2) is 0 Å². The van der Waals surface area contributed by atoms with Crippen LogP contribution in [-0.4, -0.2) is 30.8 Å². The van der Waals surface area contributed by atoms with Crippen molar-refractivity contribution in [1.82, 2.24) is 5.32 Å². The van der Waals surface area contributed by atoms with Crippen LogP contribution in [0.2, 0.25) is 0 Å². The van der Waals surface area contributed by atoms with Crippen molar-refractivity contribution in [2.75, 3.05) is 13.7 Å². The minimum Gasteiger partial charge on any atom is -0.480 e. The van der Waals surface area contributed by atoms with E-state index in [9.17, 15) is 9.18 Å². The zero-order valence-corrected chi connectivity index (χ0v) is 8.94. The van der Waals surface area contributed by atoms with E-state index in [1.165, 1.54) is 13.2 Å². The van der Waals surface area contributed by atoms with Gasteiger partial charge in [0, 0.05) is 19.2 Å². The second-order valence-corrected chi connectivity index (χ2v) is 3.32. The Morgan fingerprint density at radius 3 is 2.81 bits per heavy atom. The molecule has 0 saturated carbocycles. The molecule has 0 radical (unpaired) electrons. The minimum atomic E-state index is -1.02. The number of halogens is 1. The van der Waals surface area contributed by atoms with Crippen molar-refractivity contribution in [3.63, 3.8) is 0 Å². The van der Waals surface area contributed by atoms with Crippen molar-refractivity contribution < 1.29 is 19.0 Å². The molecular formula is C11H14FNO3. The number of hydrogen-bond acceptors (Lipinski definition) is 3. The van der Waals surface area contributed by atoms with Gasteiger partial charge in [-0.05, 0) is 6.07 Å². The number of nitrogens with one attached hydrogen (secondary N) is 1. The molecule has 1 aromatic carbocycles. The van der Waals surface area contributed by atoms with Gasteiger partial charge in [0.25, 0.3) is 0 Å². The quantitative estimate of drug-likeness (QED) is 0.761. The van der Waals surface area contributed by atoms with Gasteiger partial charge in [-0.1, -0.05) is 18.2 Å². The molecule has 0 aliphatic rings. The summed E-state index contributed by atoms with van der Waals surface area (Å²) in [6, 6.07) is 5.40. The highest BCUT2D eigenvalue weighted by Crippen LogP contribution is 2.05. The van der Waals surface area contributed by atoms with Crippen molar-refractivity contribution in [2.45, 2.75) is 12.6 Å². The molecule has 16 heavy (non-hydrogen) atoms. The molecule has 4 nitrogen and oxygen atoms in total. The predicted octanol–water partition coefficient (Wildman–Crippen LogP) is 1.01. The standard InChI is InChI=1S/C11H14FNO3/c1-16-7-10(11(14)15)13-6-8-4-2-3-5-9(8)12/h2-5,10,13H,6-7H2,1H3,(H,14,15). The average molecular weight is 227 g/mol. The highest BCUT2D eigenvalue weighted by atomic mass is 19.1. The Morgan fingerprint density at radius 2 is 2.25 bits per heavy atom. The molecule has 1 unspecified atom stereocenters. The maximum Gasteiger partial charge on any atom is 0.323 e. The highest BCUT2D eigenvalue weighted by molar-refractivity contribution is 5.73. The number of ether oxygens (including phenoxy) is 1. The van der Waals surface area contributed by atoms with Gasteiger partial charge in [-0.3, -0.25) is 10.1 Å². The maximum atomic E-state index is 13.2. The number of carboxylic acids is 1. The summed E-state index contributed by atoms with van der Waals surface area (Å²) in [6.07, 6.45) is 0. The average Bonchev–Trinajstić information content (AvgIpc) is 2.26. The summed E-state index contributed by atoms with van der Waals surface area (Å²) in [5.74, 6) is -1.37. The van der Waals surface area contributed by atoms with Crippen LogP contribution < -0.4 is 5.32 Å². The summed E-state index contributed by atoms with van der Waals surface area (Å²) < 4.78 is 18.0. The Bertz CT molecular complexity index is 357. The highest BCUT2D eigenvalue weighted by Gasteiger charge is 2.16. The molecule has 0 amide bonds. The molecular weight excluding hydrogens is 213 g/mol. The van der Waals surface area contributed by atoms with E-state index in [1.807, 2.05) is 0 Å². The van der Waals surface area contributed by atoms with Crippen molar-refractivity contribution in [1.29, 1.82) is 0 Å². The molecule has 1 rings (SSSR count). The van der Waals surface area contributed by atoms with Crippen LogP contribution in [0.5, 0.6) is 0 Å². The van der Waals surface area contributed by atoms with E-state index >= 15 is 0 Å². The predicted molar refractivity (Wildman–Crippen MR) is 56.5 cm³/mol. The first-order valence-electron chi connectivity index (χ1n) is 4.83. The van der Waals surface area contributed by atoms with Gasteiger partial charge in [-0.15, -0.1) is 0 Å². The number of rotatable bonds is 6. The Labute approximate surface area is 93.0 Å². The fraction of sp³-hybridized carbons (Fsp3) is 0.364. The largest absolute Gasteiger partial charge is 0.480 e. The lowest BCUT2D eigenvalue weighted by atomic mass is 10.2. The molecule has 0 fully saturated rings. The Balaban J connectivity index is 2.55. The smallest absolute Gasteiger partial charge is 0.323 e. The molecule has 0 aliphatic heterocycles. The third kappa shape index (κ3) is 3.60. The minimum absolute atomic E-state index is 0.0454. The molecule has 0 spiro atoms. The van der Waals surface area contributed by atoms with E-state index in [4.69, 9.17) is 9.84 Å². The SMILES string of the molecule is COCC(NCc1ccccc1F)C(=O)O. The number of methoxy groups -OCH3 is 1. The van der Waals surface area contributed by atoms with Crippen molar-refractivity contribution in [3.05, 3.63) is 35.6 Å². The molecule has 0 saturated heterocycles. The lowest BCUT2D eigenvalue weighted by molar-refractivity contribution is -0.140. The van der Waals surface area contributed by atoms with Crippen molar-refractivity contribution in [2.24, 2.45) is 0 Å². The molecule has 88 valence electrons. The third-order valence-electron chi connectivity index (χ3n) is 2.13. The second kappa shape index (κ2) is 6.19. The van der Waals surface area contributed by atoms with Crippen molar-refractivity contribution in [3.8, 4) is 0 Å². The maximum absolute atomic E-state index is 13.2. The summed E-state index contributed by atoms with van der Waals surface area (Å²) in [7, 11) is 1.42. The van der Waals surface area contributed by atoms with Gasteiger partial charge < -0.3 is 9.84 Å². The lowest BCUT2D eigenvalue weighted by Crippen LogP contribution is -2.39. The summed E-state index contributed by atoms with van der Waals surface area (Å²) in [5, 5.41) is 11.5. The van der Waals surface area contributed by atoms with Crippen LogP contribution in [0.1, 0.15) is 5.56 Å². The van der Waals surface area contributed by atoms with E-state index in [-0.39, 0.29) is 19.0 Å². The normalized spacial score (nSPS) is 12.4. The van der Waals surface area contributed by atoms with E-state index in [0.29, 0.717) is 5.56 Å². The number of hydrogen-bond donors (Lipinski definition) is 2. The number of carboxylic acid groups (broad SMARTS) is 1. The van der Waals surface area contributed by atoms with Gasteiger partial charge in [0.1, 0.15) is 11.9 Å². The van der Waals surface area contributed by atoms with E-state index < -0.39 is 12.0 Å². The van der Waals surface area contributed by atoms with Gasteiger partial charge in [-0.25, -0.2) is 4.39 Å². The van der Waals surface area contributed by atoms with Crippen LogP contribution in [-0.2, 0) is 16.1 Å². The molecule has 0 bridgehead atoms. The first-order valence-corrected chi connectivity index (χ1v) is 4.83. The molecule has 1 aromatic rings. The second-order valence-electron chi connectivity index (χ2n) is 3.32. The van der Waals surface area contributed by atoms with Crippen LogP contribution in [0.15, 0.2) is 24.3 Å². The summed E-state index contributed by atoms with van der Waals surface area (Å²) in [4.78, 5) is 10.8. The van der Waals surface area contributed by atoms with Crippen LogP contribution in [0.3, 0.4) is 0 Å². The fourth-order valence-corrected chi connectivity index (χ4v) is 1.26. The monoisotopic (exact) mass is 227 g/mol. The van der Waals surface area contributed by atoms with Crippen LogP contribution in [0, 0.1) is 5.82 Å². The van der Waals surface area contributed by atoms with Crippen LogP contribution in [0.4, 0.5) is 4.39 Å². The lowest BCUT2D eigenvalue weighted by Gasteiger charge is -2.13. The molecule has 0 aromatic heterocycles. The number of carbonyl (C=O) groups is 1. The van der Waals surface area contributed by atoms with E-state index in [2.05, 4.69) is 5.32 Å². The van der Waals surface area contributed by atoms with Gasteiger partial charge in [-0.2, -0.15) is 0 Å². The zero-order valence-electron chi connectivity index (χ0n) is 8.94. The Kier molecular flexibility index (Phi) is 4.88. The van der Waals surface area contributed by atoms with Crippen molar-refractivity contribution >= 4 is 5.97 Å². The van der Waals surface area contributed by atoms with Gasteiger partial charge in [0.05, 0.1) is 6.61 Å². The Morgan fingerprint density at radius 1 is 1.56 bits per heavy atom. The first-order chi connectivity index (χ1) is 7.65. The number of benzene rings is 1. The topological polar surface area (TPSA) is 58.6 Å². The van der Waals surface area contributed by atoms with E-state index in [0.717, 1.165) is 0 Å². The summed E-state index contributed by atoms with van der Waals surface area (Å²) >= 11 is 0. The van der Waals surface area contributed by atoms with Gasteiger partial charge >= 0.3 is 5.97 Å². The van der Waals surface area contributed by atoms with Gasteiger partial charge in [0.2, 0.25) is 0 Å².